The summed E-state index contributed by atoms with van der Waals surface area (Å²) >= 11 is 0. The number of hydrogen-bond acceptors (Lipinski definition) is 5. The first kappa shape index (κ1) is 19.3. The summed E-state index contributed by atoms with van der Waals surface area (Å²) in [5.74, 6) is 1.68. The minimum atomic E-state index is -0.402. The molecule has 0 aliphatic rings. The standard InChI is InChI=1S/C20H24N4O4/c1-12(2)28-19-15-10-13(6-8-17(15)24(3)23-19)21-20(25)22-16-11-14(26-4)7-9-18(16)27-5/h6-12H,1-5H3,(H2,21,22,25). The van der Waals surface area contributed by atoms with Gasteiger partial charge in [-0.3, -0.25) is 4.68 Å². The zero-order valence-electron chi connectivity index (χ0n) is 16.6. The van der Waals surface area contributed by atoms with E-state index in [1.165, 1.54) is 7.11 Å². The van der Waals surface area contributed by atoms with Crippen LogP contribution >= 0.6 is 0 Å². The average Bonchev–Trinajstić information content (AvgIpc) is 2.96. The third kappa shape index (κ3) is 4.11. The number of nitrogens with one attached hydrogen (secondary N) is 2. The Hall–Kier alpha value is -3.42. The molecule has 8 heteroatoms. The number of ether oxygens (including phenoxy) is 3. The van der Waals surface area contributed by atoms with Gasteiger partial charge >= 0.3 is 6.03 Å². The van der Waals surface area contributed by atoms with Crippen molar-refractivity contribution in [3.8, 4) is 17.4 Å². The lowest BCUT2D eigenvalue weighted by Gasteiger charge is -2.13. The Balaban J connectivity index is 1.81. The molecule has 3 rings (SSSR count). The molecule has 2 amide bonds. The zero-order chi connectivity index (χ0) is 20.3. The number of aromatic nitrogens is 2. The molecule has 8 nitrogen and oxygen atoms in total. The van der Waals surface area contributed by atoms with Gasteiger partial charge in [-0.25, -0.2) is 4.79 Å². The largest absolute Gasteiger partial charge is 0.497 e. The van der Waals surface area contributed by atoms with Gasteiger partial charge in [0.25, 0.3) is 0 Å². The molecule has 0 unspecified atom stereocenters. The number of fused-ring (bicyclic) bond motifs is 1. The number of aryl methyl sites for hydroxylation is 1. The van der Waals surface area contributed by atoms with Crippen LogP contribution in [-0.4, -0.2) is 36.1 Å². The highest BCUT2D eigenvalue weighted by Crippen LogP contribution is 2.30. The van der Waals surface area contributed by atoms with Crippen LogP contribution in [0.5, 0.6) is 17.4 Å². The van der Waals surface area contributed by atoms with Gasteiger partial charge in [-0.1, -0.05) is 0 Å². The number of rotatable bonds is 6. The van der Waals surface area contributed by atoms with Crippen molar-refractivity contribution in [2.24, 2.45) is 7.05 Å². The fraction of sp³-hybridized carbons (Fsp3) is 0.300. The van der Waals surface area contributed by atoms with Crippen molar-refractivity contribution >= 4 is 28.3 Å². The van der Waals surface area contributed by atoms with E-state index in [1.54, 1.807) is 30.0 Å². The first-order valence-corrected chi connectivity index (χ1v) is 8.84. The third-order valence-corrected chi connectivity index (χ3v) is 4.08. The molecule has 1 aromatic heterocycles. The van der Waals surface area contributed by atoms with Crippen molar-refractivity contribution in [1.82, 2.24) is 9.78 Å². The van der Waals surface area contributed by atoms with Gasteiger partial charge in [-0.15, -0.1) is 5.10 Å². The summed E-state index contributed by atoms with van der Waals surface area (Å²) in [5.41, 5.74) is 2.04. The zero-order valence-corrected chi connectivity index (χ0v) is 16.6. The van der Waals surface area contributed by atoms with E-state index in [0.29, 0.717) is 28.8 Å². The Morgan fingerprint density at radius 3 is 2.54 bits per heavy atom. The molecule has 0 saturated heterocycles. The summed E-state index contributed by atoms with van der Waals surface area (Å²) in [4.78, 5) is 12.5. The predicted octanol–water partition coefficient (Wildman–Crippen LogP) is 4.02. The fourth-order valence-corrected chi connectivity index (χ4v) is 2.82. The van der Waals surface area contributed by atoms with Crippen LogP contribution in [0.25, 0.3) is 10.9 Å². The van der Waals surface area contributed by atoms with Gasteiger partial charge in [0.05, 0.1) is 36.9 Å². The molecule has 1 heterocycles. The number of benzene rings is 2. The van der Waals surface area contributed by atoms with E-state index in [9.17, 15) is 4.79 Å². The van der Waals surface area contributed by atoms with E-state index in [0.717, 1.165) is 10.9 Å². The summed E-state index contributed by atoms with van der Waals surface area (Å²) < 4.78 is 18.0. The van der Waals surface area contributed by atoms with Crippen molar-refractivity contribution in [3.05, 3.63) is 36.4 Å². The van der Waals surface area contributed by atoms with E-state index in [1.807, 2.05) is 39.1 Å². The second-order valence-electron chi connectivity index (χ2n) is 6.47. The Morgan fingerprint density at radius 2 is 1.86 bits per heavy atom. The minimum Gasteiger partial charge on any atom is -0.497 e. The van der Waals surface area contributed by atoms with Gasteiger partial charge in [-0.2, -0.15) is 0 Å². The summed E-state index contributed by atoms with van der Waals surface area (Å²) in [7, 11) is 4.95. The maximum Gasteiger partial charge on any atom is 0.323 e. The number of methoxy groups -OCH3 is 2. The number of amides is 2. The van der Waals surface area contributed by atoms with E-state index in [2.05, 4.69) is 15.7 Å². The summed E-state index contributed by atoms with van der Waals surface area (Å²) in [5, 5.41) is 10.8. The van der Waals surface area contributed by atoms with Gasteiger partial charge in [0.1, 0.15) is 11.5 Å². The first-order chi connectivity index (χ1) is 13.4. The van der Waals surface area contributed by atoms with Gasteiger partial charge in [0.15, 0.2) is 0 Å². The summed E-state index contributed by atoms with van der Waals surface area (Å²) in [6, 6.07) is 10.3. The Bertz CT molecular complexity index is 997. The molecule has 0 spiro atoms. The molecule has 0 bridgehead atoms. The van der Waals surface area contributed by atoms with Gasteiger partial charge in [-0.05, 0) is 44.2 Å². The fourth-order valence-electron chi connectivity index (χ4n) is 2.82. The van der Waals surface area contributed by atoms with E-state index >= 15 is 0 Å². The Morgan fingerprint density at radius 1 is 1.07 bits per heavy atom. The molecular formula is C20H24N4O4. The van der Waals surface area contributed by atoms with Crippen LogP contribution in [0.4, 0.5) is 16.2 Å². The smallest absolute Gasteiger partial charge is 0.323 e. The quantitative estimate of drug-likeness (QED) is 0.670. The van der Waals surface area contributed by atoms with Gasteiger partial charge in [0.2, 0.25) is 5.88 Å². The third-order valence-electron chi connectivity index (χ3n) is 4.08. The molecule has 0 aliphatic heterocycles. The Kier molecular flexibility index (Phi) is 5.58. The molecule has 2 N–H and O–H groups in total. The summed E-state index contributed by atoms with van der Waals surface area (Å²) in [6.07, 6.45) is -0.00135. The van der Waals surface area contributed by atoms with Crippen LogP contribution in [0.3, 0.4) is 0 Å². The highest BCUT2D eigenvalue weighted by Gasteiger charge is 2.14. The predicted molar refractivity (Wildman–Crippen MR) is 109 cm³/mol. The maximum atomic E-state index is 12.5. The van der Waals surface area contributed by atoms with Crippen LogP contribution in [0.2, 0.25) is 0 Å². The lowest BCUT2D eigenvalue weighted by Crippen LogP contribution is -2.19. The lowest BCUT2D eigenvalue weighted by atomic mass is 10.2. The van der Waals surface area contributed by atoms with Crippen molar-refractivity contribution in [1.29, 1.82) is 0 Å². The molecule has 0 saturated carbocycles. The maximum absolute atomic E-state index is 12.5. The SMILES string of the molecule is COc1ccc(OC)c(NC(=O)Nc2ccc3c(c2)c(OC(C)C)nn3C)c1. The molecule has 3 aromatic rings. The molecule has 28 heavy (non-hydrogen) atoms. The number of nitrogens with zero attached hydrogens (tertiary/aromatic N) is 2. The number of anilines is 2. The van der Waals surface area contributed by atoms with Crippen molar-refractivity contribution < 1.29 is 19.0 Å². The normalized spacial score (nSPS) is 10.8. The number of urea groups is 1. The van der Waals surface area contributed by atoms with E-state index in [4.69, 9.17) is 14.2 Å². The van der Waals surface area contributed by atoms with Crippen LogP contribution in [0.1, 0.15) is 13.8 Å². The van der Waals surface area contributed by atoms with Crippen LogP contribution in [0.15, 0.2) is 36.4 Å². The van der Waals surface area contributed by atoms with Gasteiger partial charge in [0, 0.05) is 18.8 Å². The van der Waals surface area contributed by atoms with Crippen molar-refractivity contribution in [2.45, 2.75) is 20.0 Å². The molecule has 0 radical (unpaired) electrons. The highest BCUT2D eigenvalue weighted by molar-refractivity contribution is 6.02. The van der Waals surface area contributed by atoms with Crippen LogP contribution in [0, 0.1) is 0 Å². The molecule has 148 valence electrons. The number of hydrogen-bond donors (Lipinski definition) is 2. The topological polar surface area (TPSA) is 86.6 Å². The van der Waals surface area contributed by atoms with E-state index in [-0.39, 0.29) is 6.10 Å². The molecule has 0 fully saturated rings. The summed E-state index contributed by atoms with van der Waals surface area (Å²) in [6.45, 7) is 3.88. The number of carbonyl (C=O) groups excluding carboxylic acids is 1. The lowest BCUT2D eigenvalue weighted by molar-refractivity contribution is 0.233. The molecule has 0 atom stereocenters. The number of carbonyl (C=O) groups is 1. The second-order valence-corrected chi connectivity index (χ2v) is 6.47. The monoisotopic (exact) mass is 384 g/mol. The minimum absolute atomic E-state index is 0.00135. The van der Waals surface area contributed by atoms with Crippen molar-refractivity contribution in [3.63, 3.8) is 0 Å². The average molecular weight is 384 g/mol. The van der Waals surface area contributed by atoms with Crippen LogP contribution in [-0.2, 0) is 7.05 Å². The first-order valence-electron chi connectivity index (χ1n) is 8.84. The highest BCUT2D eigenvalue weighted by atomic mass is 16.5. The van der Waals surface area contributed by atoms with Gasteiger partial charge < -0.3 is 24.8 Å². The molecule has 0 aliphatic carbocycles. The Labute approximate surface area is 163 Å². The molecule has 2 aromatic carbocycles. The molecular weight excluding hydrogens is 360 g/mol. The van der Waals surface area contributed by atoms with Crippen LogP contribution < -0.4 is 24.8 Å². The second kappa shape index (κ2) is 8.08. The van der Waals surface area contributed by atoms with E-state index < -0.39 is 6.03 Å². The van der Waals surface area contributed by atoms with Crippen molar-refractivity contribution in [2.75, 3.05) is 24.9 Å².